The highest BCUT2D eigenvalue weighted by Gasteiger charge is 2.10. The fraction of sp³-hybridized carbons (Fsp3) is 0.821. The monoisotopic (exact) mass is 501 g/mol. The number of unbranched alkanes of at least 4 members (excludes halogenated alkanes) is 17. The van der Waals surface area contributed by atoms with Crippen molar-refractivity contribution in [2.75, 3.05) is 19.0 Å². The molecule has 0 unspecified atom stereocenters. The second kappa shape index (κ2) is 26.6. The molecule has 0 aliphatic rings. The molecule has 0 saturated carbocycles. The first-order chi connectivity index (χ1) is 16.6. The summed E-state index contributed by atoms with van der Waals surface area (Å²) in [6.07, 6.45) is 24.9. The fourth-order valence-electron chi connectivity index (χ4n) is 3.76. The molecule has 1 aromatic heterocycles. The van der Waals surface area contributed by atoms with Crippen molar-refractivity contribution in [1.82, 2.24) is 4.98 Å². The first kappa shape index (κ1) is 33.0. The maximum absolute atomic E-state index is 12.0. The number of alkyl halides is 1. The van der Waals surface area contributed by atoms with Crippen molar-refractivity contribution in [3.05, 3.63) is 30.6 Å². The lowest BCUT2D eigenvalue weighted by Gasteiger charge is -2.06. The van der Waals surface area contributed by atoms with Crippen molar-refractivity contribution in [2.45, 2.75) is 129 Å². The van der Waals surface area contributed by atoms with Crippen molar-refractivity contribution in [3.8, 4) is 0 Å². The third-order valence-corrected chi connectivity index (χ3v) is 7.17. The van der Waals surface area contributed by atoms with Crippen LogP contribution in [-0.4, -0.2) is 32.4 Å². The largest absolute Gasteiger partial charge is 0.270 e. The van der Waals surface area contributed by atoms with Gasteiger partial charge >= 0.3 is 0 Å². The molecule has 34 heavy (non-hydrogen) atoms. The van der Waals surface area contributed by atoms with E-state index in [1.165, 1.54) is 57.8 Å². The van der Waals surface area contributed by atoms with Gasteiger partial charge in [-0.05, 0) is 31.4 Å². The van der Waals surface area contributed by atoms with Crippen LogP contribution < -0.4 is 0 Å². The second-order valence-electron chi connectivity index (χ2n) is 9.16. The summed E-state index contributed by atoms with van der Waals surface area (Å²) in [5, 5.41) is 0. The Morgan fingerprint density at radius 1 is 0.618 bits per heavy atom. The highest BCUT2D eigenvalue weighted by molar-refractivity contribution is 7.86. The zero-order chi connectivity index (χ0) is 25.0. The topological polar surface area (TPSA) is 56.3 Å². The van der Waals surface area contributed by atoms with Gasteiger partial charge in [0.25, 0.3) is 10.1 Å². The summed E-state index contributed by atoms with van der Waals surface area (Å²) in [5.41, 5.74) is 0. The third kappa shape index (κ3) is 27.2. The zero-order valence-corrected chi connectivity index (χ0v) is 22.7. The number of hydrogen-bond donors (Lipinski definition) is 0. The lowest BCUT2D eigenvalue weighted by Crippen LogP contribution is -2.11. The van der Waals surface area contributed by atoms with E-state index in [1.54, 1.807) is 12.4 Å². The lowest BCUT2D eigenvalue weighted by atomic mass is 10.1. The zero-order valence-electron chi connectivity index (χ0n) is 21.9. The molecule has 0 spiro atoms. The Morgan fingerprint density at radius 2 is 1.06 bits per heavy atom. The summed E-state index contributed by atoms with van der Waals surface area (Å²) < 4.78 is 40.8. The summed E-state index contributed by atoms with van der Waals surface area (Å²) in [6, 6.07) is 5.72. The van der Waals surface area contributed by atoms with E-state index in [2.05, 4.69) is 11.9 Å². The fourth-order valence-corrected chi connectivity index (χ4v) is 4.80. The molecule has 0 aliphatic carbocycles. The van der Waals surface area contributed by atoms with E-state index >= 15 is 0 Å². The van der Waals surface area contributed by atoms with Gasteiger partial charge in [0.1, 0.15) is 0 Å². The normalized spacial score (nSPS) is 11.2. The van der Waals surface area contributed by atoms with Crippen LogP contribution in [0.3, 0.4) is 0 Å². The predicted octanol–water partition coefficient (Wildman–Crippen LogP) is 8.82. The van der Waals surface area contributed by atoms with Gasteiger partial charge < -0.3 is 0 Å². The van der Waals surface area contributed by atoms with Crippen molar-refractivity contribution in [3.63, 3.8) is 0 Å². The van der Waals surface area contributed by atoms with E-state index in [9.17, 15) is 12.8 Å². The number of hydrogen-bond acceptors (Lipinski definition) is 4. The van der Waals surface area contributed by atoms with E-state index in [0.717, 1.165) is 51.4 Å². The Balaban J connectivity index is 0.00000156. The Hall–Kier alpha value is -1.01. The second-order valence-corrected chi connectivity index (χ2v) is 10.9. The smallest absolute Gasteiger partial charge is 0.267 e. The van der Waals surface area contributed by atoms with Gasteiger partial charge in [0.2, 0.25) is 0 Å². The van der Waals surface area contributed by atoms with E-state index in [-0.39, 0.29) is 12.4 Å². The van der Waals surface area contributed by atoms with Crippen molar-refractivity contribution in [2.24, 2.45) is 0 Å². The Morgan fingerprint density at radius 3 is 1.47 bits per heavy atom. The summed E-state index contributed by atoms with van der Waals surface area (Å²) in [4.78, 5) is 3.78. The molecule has 6 heteroatoms. The van der Waals surface area contributed by atoms with Gasteiger partial charge in [0, 0.05) is 12.4 Å². The van der Waals surface area contributed by atoms with E-state index < -0.39 is 10.1 Å². The van der Waals surface area contributed by atoms with Crippen molar-refractivity contribution < 1.29 is 17.0 Å². The van der Waals surface area contributed by atoms with Crippen molar-refractivity contribution >= 4 is 10.1 Å². The highest BCUT2D eigenvalue weighted by atomic mass is 32.2. The first-order valence-corrected chi connectivity index (χ1v) is 15.5. The Labute approximate surface area is 210 Å². The number of nitrogens with zero attached hydrogens (tertiary/aromatic N) is 1. The molecule has 0 amide bonds. The Bertz CT molecular complexity index is 572. The van der Waals surface area contributed by atoms with Crippen molar-refractivity contribution in [1.29, 1.82) is 0 Å². The summed E-state index contributed by atoms with van der Waals surface area (Å²) in [7, 11) is -3.34. The molecular weight excluding hydrogens is 449 g/mol. The summed E-state index contributed by atoms with van der Waals surface area (Å²) in [6.45, 7) is 2.38. The molecule has 0 aromatic carbocycles. The minimum Gasteiger partial charge on any atom is -0.270 e. The van der Waals surface area contributed by atoms with Gasteiger partial charge in [-0.3, -0.25) is 13.6 Å². The van der Waals surface area contributed by atoms with Gasteiger partial charge in [0.05, 0.1) is 19.0 Å². The molecule has 0 aliphatic heterocycles. The van der Waals surface area contributed by atoms with Gasteiger partial charge in [-0.1, -0.05) is 116 Å². The van der Waals surface area contributed by atoms with Gasteiger partial charge in [-0.2, -0.15) is 8.42 Å². The average molecular weight is 502 g/mol. The minimum atomic E-state index is -3.34. The third-order valence-electron chi connectivity index (χ3n) is 5.86. The molecule has 0 radical (unpaired) electrons. The van der Waals surface area contributed by atoms with Crippen LogP contribution in [0.5, 0.6) is 0 Å². The van der Waals surface area contributed by atoms with Gasteiger partial charge in [-0.25, -0.2) is 0 Å². The van der Waals surface area contributed by atoms with E-state index in [1.807, 2.05) is 18.2 Å². The maximum atomic E-state index is 12.0. The molecule has 1 rings (SSSR count). The van der Waals surface area contributed by atoms with E-state index in [0.29, 0.717) is 19.4 Å². The summed E-state index contributed by atoms with van der Waals surface area (Å²) in [5.74, 6) is 0.146. The van der Waals surface area contributed by atoms with Crippen LogP contribution in [0.15, 0.2) is 30.6 Å². The molecule has 0 atom stereocenters. The standard InChI is InChI=1S/C23H47FO3S.C5H5N/c1-2-3-4-5-6-7-8-10-13-16-19-22-27-28(25,26)23-20-17-14-11-9-12-15-18-21-24;1-2-4-6-5-3-1/h2-23H2,1H3;1-5H. The lowest BCUT2D eigenvalue weighted by molar-refractivity contribution is 0.305. The Kier molecular flexibility index (Phi) is 25.8. The van der Waals surface area contributed by atoms with Crippen LogP contribution in [0.1, 0.15) is 129 Å². The van der Waals surface area contributed by atoms with Crippen LogP contribution >= 0.6 is 0 Å². The quantitative estimate of drug-likeness (QED) is 0.111. The molecule has 0 fully saturated rings. The predicted molar refractivity (Wildman–Crippen MR) is 143 cm³/mol. The molecule has 0 saturated heterocycles. The molecular formula is C28H52FNO3S. The minimum absolute atomic E-state index is 0.146. The van der Waals surface area contributed by atoms with E-state index in [4.69, 9.17) is 4.18 Å². The molecule has 4 nitrogen and oxygen atoms in total. The molecule has 0 N–H and O–H groups in total. The van der Waals surface area contributed by atoms with Crippen LogP contribution in [-0.2, 0) is 14.3 Å². The summed E-state index contributed by atoms with van der Waals surface area (Å²) >= 11 is 0. The van der Waals surface area contributed by atoms with Gasteiger partial charge in [-0.15, -0.1) is 0 Å². The first-order valence-electron chi connectivity index (χ1n) is 13.9. The number of aromatic nitrogens is 1. The van der Waals surface area contributed by atoms with Crippen LogP contribution in [0.4, 0.5) is 4.39 Å². The molecule has 1 aromatic rings. The SMILES string of the molecule is CCCCCCCCCCCCCOS(=O)(=O)CCCCCCCCCCF.c1ccncc1. The van der Waals surface area contributed by atoms with Gasteiger partial charge in [0.15, 0.2) is 0 Å². The number of halogens is 1. The average Bonchev–Trinajstić information content (AvgIpc) is 2.85. The number of rotatable bonds is 23. The molecule has 200 valence electrons. The van der Waals surface area contributed by atoms with Crippen LogP contribution in [0.25, 0.3) is 0 Å². The van der Waals surface area contributed by atoms with Crippen LogP contribution in [0, 0.1) is 0 Å². The highest BCUT2D eigenvalue weighted by Crippen LogP contribution is 2.12. The molecule has 0 bridgehead atoms. The maximum Gasteiger partial charge on any atom is 0.267 e. The number of pyridine rings is 1. The van der Waals surface area contributed by atoms with Crippen LogP contribution in [0.2, 0.25) is 0 Å². The molecule has 1 heterocycles.